The third kappa shape index (κ3) is 4.32. The lowest BCUT2D eigenvalue weighted by molar-refractivity contribution is -0.384. The van der Waals surface area contributed by atoms with Gasteiger partial charge in [-0.05, 0) is 31.2 Å². The van der Waals surface area contributed by atoms with Crippen molar-refractivity contribution in [2.24, 2.45) is 0 Å². The number of amides is 1. The molecule has 0 bridgehead atoms. The van der Waals surface area contributed by atoms with Crippen molar-refractivity contribution < 1.29 is 28.4 Å². The van der Waals surface area contributed by atoms with Crippen LogP contribution in [0.1, 0.15) is 16.6 Å². The molecular formula is C19H15FN2O6S. The molecular weight excluding hydrogens is 403 g/mol. The number of nitrogens with zero attached hydrogens (tertiary/aromatic N) is 1. The number of anilines is 1. The number of non-ortho nitro benzene ring substituents is 1. The lowest BCUT2D eigenvalue weighted by Crippen LogP contribution is -2.30. The van der Waals surface area contributed by atoms with E-state index >= 15 is 0 Å². The summed E-state index contributed by atoms with van der Waals surface area (Å²) < 4.78 is 24.6. The summed E-state index contributed by atoms with van der Waals surface area (Å²) in [5.74, 6) is -1.73. The van der Waals surface area contributed by atoms with Gasteiger partial charge in [-0.1, -0.05) is 6.07 Å². The minimum atomic E-state index is -1.21. The summed E-state index contributed by atoms with van der Waals surface area (Å²) in [4.78, 5) is 35.2. The number of hydrogen-bond donors (Lipinski definition) is 1. The molecule has 0 radical (unpaired) electrons. The van der Waals surface area contributed by atoms with Crippen molar-refractivity contribution in [3.8, 4) is 5.75 Å². The first-order valence-corrected chi connectivity index (χ1v) is 9.14. The van der Waals surface area contributed by atoms with Gasteiger partial charge < -0.3 is 14.8 Å². The number of methoxy groups -OCH3 is 1. The molecule has 1 aromatic heterocycles. The maximum atomic E-state index is 13.8. The highest BCUT2D eigenvalue weighted by Crippen LogP contribution is 2.30. The molecule has 10 heteroatoms. The molecule has 150 valence electrons. The van der Waals surface area contributed by atoms with Crippen molar-refractivity contribution in [3.05, 3.63) is 63.3 Å². The van der Waals surface area contributed by atoms with Gasteiger partial charge in [0.2, 0.25) is 0 Å². The van der Waals surface area contributed by atoms with E-state index < -0.39 is 28.7 Å². The summed E-state index contributed by atoms with van der Waals surface area (Å²) >= 11 is 1.05. The Hall–Kier alpha value is -3.53. The first-order chi connectivity index (χ1) is 13.8. The fourth-order valence-electron chi connectivity index (χ4n) is 2.54. The van der Waals surface area contributed by atoms with Crippen molar-refractivity contribution in [2.45, 2.75) is 13.0 Å². The summed E-state index contributed by atoms with van der Waals surface area (Å²) in [5.41, 5.74) is -0.170. The Morgan fingerprint density at radius 1 is 1.24 bits per heavy atom. The summed E-state index contributed by atoms with van der Waals surface area (Å²) in [7, 11) is 1.35. The van der Waals surface area contributed by atoms with E-state index in [2.05, 4.69) is 5.32 Å². The molecule has 1 N–H and O–H groups in total. The zero-order valence-electron chi connectivity index (χ0n) is 15.3. The molecule has 3 rings (SSSR count). The van der Waals surface area contributed by atoms with Crippen LogP contribution in [0.25, 0.3) is 10.1 Å². The van der Waals surface area contributed by atoms with Crippen molar-refractivity contribution in [2.75, 3.05) is 12.4 Å². The number of thiophene rings is 1. The minimum Gasteiger partial charge on any atom is -0.495 e. The van der Waals surface area contributed by atoms with Crippen LogP contribution in [0.2, 0.25) is 0 Å². The van der Waals surface area contributed by atoms with Crippen LogP contribution >= 0.6 is 11.3 Å². The highest BCUT2D eigenvalue weighted by molar-refractivity contribution is 7.20. The normalized spacial score (nSPS) is 11.7. The molecule has 1 unspecified atom stereocenters. The van der Waals surface area contributed by atoms with E-state index in [0.717, 1.165) is 17.4 Å². The Balaban J connectivity index is 1.73. The number of halogens is 1. The average molecular weight is 418 g/mol. The largest absolute Gasteiger partial charge is 0.495 e. The second-order valence-corrected chi connectivity index (χ2v) is 7.02. The Morgan fingerprint density at radius 2 is 2.00 bits per heavy atom. The third-order valence-electron chi connectivity index (χ3n) is 4.01. The number of nitro benzene ring substituents is 1. The zero-order chi connectivity index (χ0) is 21.1. The van der Waals surface area contributed by atoms with Crippen molar-refractivity contribution in [1.29, 1.82) is 0 Å². The van der Waals surface area contributed by atoms with E-state index in [1.165, 1.54) is 44.4 Å². The number of benzene rings is 2. The molecule has 0 aliphatic carbocycles. The monoisotopic (exact) mass is 418 g/mol. The van der Waals surface area contributed by atoms with Crippen LogP contribution in [0, 0.1) is 15.9 Å². The smallest absolute Gasteiger partial charge is 0.349 e. The van der Waals surface area contributed by atoms with Gasteiger partial charge in [0.25, 0.3) is 11.6 Å². The maximum Gasteiger partial charge on any atom is 0.349 e. The molecule has 1 heterocycles. The molecule has 0 saturated heterocycles. The number of ether oxygens (including phenoxy) is 2. The molecule has 0 aliphatic rings. The molecule has 0 spiro atoms. The summed E-state index contributed by atoms with van der Waals surface area (Å²) in [5, 5.41) is 13.7. The quantitative estimate of drug-likeness (QED) is 0.366. The van der Waals surface area contributed by atoms with E-state index in [4.69, 9.17) is 9.47 Å². The fraction of sp³-hybridized carbons (Fsp3) is 0.158. The molecule has 0 saturated carbocycles. The predicted octanol–water partition coefficient (Wildman–Crippen LogP) is 4.14. The van der Waals surface area contributed by atoms with Crippen LogP contribution in [-0.4, -0.2) is 30.0 Å². The SMILES string of the molecule is COc1ccc([N+](=O)[O-])cc1NC(=O)C(C)OC(=O)c1cc2c(F)cccc2s1. The first-order valence-electron chi connectivity index (χ1n) is 8.32. The van der Waals surface area contributed by atoms with E-state index in [9.17, 15) is 24.1 Å². The van der Waals surface area contributed by atoms with Crippen LogP contribution < -0.4 is 10.1 Å². The predicted molar refractivity (Wildman–Crippen MR) is 105 cm³/mol. The molecule has 8 nitrogen and oxygen atoms in total. The lowest BCUT2D eigenvalue weighted by Gasteiger charge is -2.14. The van der Waals surface area contributed by atoms with E-state index in [-0.39, 0.29) is 22.0 Å². The van der Waals surface area contributed by atoms with E-state index in [0.29, 0.717) is 10.1 Å². The van der Waals surface area contributed by atoms with Crippen LogP contribution in [0.4, 0.5) is 15.8 Å². The zero-order valence-corrected chi connectivity index (χ0v) is 16.1. The van der Waals surface area contributed by atoms with Gasteiger partial charge in [-0.25, -0.2) is 9.18 Å². The number of nitro groups is 1. The van der Waals surface area contributed by atoms with Gasteiger partial charge in [0.1, 0.15) is 16.4 Å². The lowest BCUT2D eigenvalue weighted by atomic mass is 10.2. The van der Waals surface area contributed by atoms with Gasteiger partial charge >= 0.3 is 5.97 Å². The topological polar surface area (TPSA) is 108 Å². The van der Waals surface area contributed by atoms with Gasteiger partial charge in [-0.15, -0.1) is 11.3 Å². The number of esters is 1. The minimum absolute atomic E-state index is 0.0681. The van der Waals surface area contributed by atoms with Crippen LogP contribution in [0.3, 0.4) is 0 Å². The number of nitrogens with one attached hydrogen (secondary N) is 1. The third-order valence-corrected chi connectivity index (χ3v) is 5.09. The summed E-state index contributed by atoms with van der Waals surface area (Å²) in [6, 6.07) is 9.57. The second-order valence-electron chi connectivity index (χ2n) is 5.94. The molecule has 2 aromatic carbocycles. The fourth-order valence-corrected chi connectivity index (χ4v) is 3.50. The number of rotatable bonds is 6. The standard InChI is InChI=1S/C19H15FN2O6S/c1-10(18(23)21-14-8-11(22(25)26)6-7-15(14)27-2)28-19(24)17-9-12-13(20)4-3-5-16(12)29-17/h3-10H,1-2H3,(H,21,23). The van der Waals surface area contributed by atoms with Crippen LogP contribution in [-0.2, 0) is 9.53 Å². The van der Waals surface area contributed by atoms with Gasteiger partial charge in [0.15, 0.2) is 6.10 Å². The highest BCUT2D eigenvalue weighted by Gasteiger charge is 2.23. The van der Waals surface area contributed by atoms with Crippen LogP contribution in [0.5, 0.6) is 5.75 Å². The summed E-state index contributed by atoms with van der Waals surface area (Å²) in [6.07, 6.45) is -1.21. The Kier molecular flexibility index (Phi) is 5.74. The van der Waals surface area contributed by atoms with Gasteiger partial charge in [-0.3, -0.25) is 14.9 Å². The highest BCUT2D eigenvalue weighted by atomic mass is 32.1. The molecule has 1 atom stereocenters. The Morgan fingerprint density at radius 3 is 2.66 bits per heavy atom. The average Bonchev–Trinajstić information content (AvgIpc) is 3.13. The molecule has 0 fully saturated rings. The van der Waals surface area contributed by atoms with Crippen LogP contribution in [0.15, 0.2) is 42.5 Å². The van der Waals surface area contributed by atoms with Crippen molar-refractivity contribution in [3.63, 3.8) is 0 Å². The van der Waals surface area contributed by atoms with Gasteiger partial charge in [-0.2, -0.15) is 0 Å². The van der Waals surface area contributed by atoms with Gasteiger partial charge in [0, 0.05) is 22.2 Å². The van der Waals surface area contributed by atoms with Gasteiger partial charge in [0.05, 0.1) is 17.7 Å². The molecule has 1 amide bonds. The van der Waals surface area contributed by atoms with E-state index in [1.54, 1.807) is 6.07 Å². The number of hydrogen-bond acceptors (Lipinski definition) is 7. The first kappa shape index (κ1) is 20.2. The number of fused-ring (bicyclic) bond motifs is 1. The Bertz CT molecular complexity index is 1110. The molecule has 0 aliphatic heterocycles. The van der Waals surface area contributed by atoms with Crippen molar-refractivity contribution >= 4 is 44.7 Å². The summed E-state index contributed by atoms with van der Waals surface area (Å²) in [6.45, 7) is 1.35. The maximum absolute atomic E-state index is 13.8. The number of carbonyl (C=O) groups excluding carboxylic acids is 2. The molecule has 29 heavy (non-hydrogen) atoms. The van der Waals surface area contributed by atoms with Crippen molar-refractivity contribution in [1.82, 2.24) is 0 Å². The molecule has 3 aromatic rings. The number of carbonyl (C=O) groups is 2. The van der Waals surface area contributed by atoms with E-state index in [1.807, 2.05) is 0 Å². The second kappa shape index (κ2) is 8.23. The Labute approximate surface area is 168 Å².